The highest BCUT2D eigenvalue weighted by molar-refractivity contribution is 5.96. The Morgan fingerprint density at radius 2 is 1.78 bits per heavy atom. The molecule has 0 aliphatic heterocycles. The average Bonchev–Trinajstić information content (AvgIpc) is 3.17. The van der Waals surface area contributed by atoms with Gasteiger partial charge in [-0.15, -0.1) is 0 Å². The van der Waals surface area contributed by atoms with E-state index < -0.39 is 0 Å². The number of carbonyl (C=O) groups excluding carboxylic acids is 1. The highest BCUT2D eigenvalue weighted by atomic mass is 16.1. The number of aromatic nitrogens is 3. The standard InChI is InChI=1S/C20H32N4O.C2H6/c1-5-9-11-15(10-6-2)20(25)23-17-13-21-19-16(12-22-24-19)18(17)14(7-3)8-4;1-2/h12-15H,5-11H2,1-4H3,(H,23,25)(H,21,22,24);1-2H3. The predicted octanol–water partition coefficient (Wildman–Crippen LogP) is 6.43. The average molecular weight is 375 g/mol. The first-order chi connectivity index (χ1) is 13.2. The smallest absolute Gasteiger partial charge is 0.227 e. The van der Waals surface area contributed by atoms with E-state index in [-0.39, 0.29) is 11.8 Å². The minimum Gasteiger partial charge on any atom is -0.324 e. The van der Waals surface area contributed by atoms with Crippen LogP contribution in [0.4, 0.5) is 5.69 Å². The van der Waals surface area contributed by atoms with Crippen LogP contribution in [0.1, 0.15) is 98.0 Å². The lowest BCUT2D eigenvalue weighted by atomic mass is 9.90. The molecule has 1 unspecified atom stereocenters. The van der Waals surface area contributed by atoms with Gasteiger partial charge in [0.25, 0.3) is 0 Å². The topological polar surface area (TPSA) is 70.7 Å². The Hall–Kier alpha value is -1.91. The molecule has 2 aromatic heterocycles. The largest absolute Gasteiger partial charge is 0.324 e. The van der Waals surface area contributed by atoms with Crippen molar-refractivity contribution in [3.05, 3.63) is 18.0 Å². The molecule has 0 saturated carbocycles. The Morgan fingerprint density at radius 3 is 2.37 bits per heavy atom. The SMILES string of the molecule is CC.CCCCC(CCC)C(=O)Nc1cnc2[nH]ncc2c1C(CC)CC. The summed E-state index contributed by atoms with van der Waals surface area (Å²) in [5.74, 6) is 0.602. The van der Waals surface area contributed by atoms with Crippen molar-refractivity contribution >= 4 is 22.6 Å². The summed E-state index contributed by atoms with van der Waals surface area (Å²) in [4.78, 5) is 17.3. The van der Waals surface area contributed by atoms with Gasteiger partial charge in [0.2, 0.25) is 5.91 Å². The monoisotopic (exact) mass is 374 g/mol. The van der Waals surface area contributed by atoms with Crippen molar-refractivity contribution in [3.8, 4) is 0 Å². The normalized spacial score (nSPS) is 12.0. The first-order valence-electron chi connectivity index (χ1n) is 10.8. The Bertz CT molecular complexity index is 676. The van der Waals surface area contributed by atoms with Crippen LogP contribution >= 0.6 is 0 Å². The van der Waals surface area contributed by atoms with E-state index in [1.807, 2.05) is 20.0 Å². The van der Waals surface area contributed by atoms with Gasteiger partial charge in [-0.3, -0.25) is 9.89 Å². The molecule has 2 rings (SSSR count). The second kappa shape index (κ2) is 12.5. The lowest BCUT2D eigenvalue weighted by Gasteiger charge is -2.21. The molecule has 0 bridgehead atoms. The fraction of sp³-hybridized carbons (Fsp3) is 0.682. The molecule has 1 atom stereocenters. The van der Waals surface area contributed by atoms with Crippen molar-refractivity contribution in [1.29, 1.82) is 0 Å². The Labute approximate surface area is 164 Å². The second-order valence-electron chi connectivity index (χ2n) is 6.85. The number of pyridine rings is 1. The molecular weight excluding hydrogens is 336 g/mol. The van der Waals surface area contributed by atoms with E-state index in [2.05, 4.69) is 48.2 Å². The zero-order valence-corrected chi connectivity index (χ0v) is 18.1. The molecule has 1 amide bonds. The Balaban J connectivity index is 0.00000176. The number of fused-ring (bicyclic) bond motifs is 1. The van der Waals surface area contributed by atoms with Gasteiger partial charge in [-0.2, -0.15) is 5.10 Å². The van der Waals surface area contributed by atoms with E-state index >= 15 is 0 Å². The summed E-state index contributed by atoms with van der Waals surface area (Å²) >= 11 is 0. The molecule has 0 aromatic carbocycles. The zero-order chi connectivity index (χ0) is 20.2. The predicted molar refractivity (Wildman–Crippen MR) is 115 cm³/mol. The van der Waals surface area contributed by atoms with Crippen LogP contribution in [0.2, 0.25) is 0 Å². The number of amides is 1. The number of aromatic amines is 1. The van der Waals surface area contributed by atoms with Gasteiger partial charge in [0.05, 0.1) is 18.1 Å². The molecule has 0 aliphatic carbocycles. The van der Waals surface area contributed by atoms with E-state index in [0.717, 1.165) is 61.7 Å². The van der Waals surface area contributed by atoms with Gasteiger partial charge in [-0.25, -0.2) is 4.98 Å². The van der Waals surface area contributed by atoms with E-state index in [1.54, 1.807) is 6.20 Å². The van der Waals surface area contributed by atoms with Crippen LogP contribution in [0.25, 0.3) is 11.0 Å². The molecule has 0 spiro atoms. The van der Waals surface area contributed by atoms with E-state index in [9.17, 15) is 4.79 Å². The molecule has 0 saturated heterocycles. The Morgan fingerprint density at radius 1 is 1.07 bits per heavy atom. The van der Waals surface area contributed by atoms with Crippen molar-refractivity contribution < 1.29 is 4.79 Å². The summed E-state index contributed by atoms with van der Waals surface area (Å²) < 4.78 is 0. The summed E-state index contributed by atoms with van der Waals surface area (Å²) in [6, 6.07) is 0. The van der Waals surface area contributed by atoms with Gasteiger partial charge in [0, 0.05) is 11.3 Å². The summed E-state index contributed by atoms with van der Waals surface area (Å²) in [5, 5.41) is 11.3. The molecule has 2 N–H and O–H groups in total. The third kappa shape index (κ3) is 6.05. The number of anilines is 1. The number of H-pyrrole nitrogens is 1. The fourth-order valence-electron chi connectivity index (χ4n) is 3.60. The van der Waals surface area contributed by atoms with Crippen LogP contribution in [0.15, 0.2) is 12.4 Å². The van der Waals surface area contributed by atoms with E-state index in [0.29, 0.717) is 5.92 Å². The molecule has 5 nitrogen and oxygen atoms in total. The van der Waals surface area contributed by atoms with Crippen LogP contribution in [0.3, 0.4) is 0 Å². The number of hydrogen-bond donors (Lipinski definition) is 2. The van der Waals surface area contributed by atoms with Crippen LogP contribution in [0.5, 0.6) is 0 Å². The van der Waals surface area contributed by atoms with Crippen LogP contribution in [-0.4, -0.2) is 21.1 Å². The van der Waals surface area contributed by atoms with Gasteiger partial charge >= 0.3 is 0 Å². The van der Waals surface area contributed by atoms with Gasteiger partial charge in [0.1, 0.15) is 0 Å². The lowest BCUT2D eigenvalue weighted by Crippen LogP contribution is -2.24. The quantitative estimate of drug-likeness (QED) is 0.503. The third-order valence-corrected chi connectivity index (χ3v) is 5.09. The number of rotatable bonds is 10. The number of carbonyl (C=O) groups is 1. The van der Waals surface area contributed by atoms with Crippen LogP contribution < -0.4 is 5.32 Å². The number of hydrogen-bond acceptors (Lipinski definition) is 3. The second-order valence-corrected chi connectivity index (χ2v) is 6.85. The van der Waals surface area contributed by atoms with Crippen LogP contribution in [-0.2, 0) is 4.79 Å². The van der Waals surface area contributed by atoms with Crippen molar-refractivity contribution in [1.82, 2.24) is 15.2 Å². The highest BCUT2D eigenvalue weighted by Crippen LogP contribution is 2.35. The molecule has 5 heteroatoms. The van der Waals surface area contributed by atoms with Crippen LogP contribution in [0, 0.1) is 5.92 Å². The van der Waals surface area contributed by atoms with Gasteiger partial charge in [0.15, 0.2) is 5.65 Å². The van der Waals surface area contributed by atoms with Gasteiger partial charge in [-0.1, -0.05) is 60.8 Å². The first kappa shape index (κ1) is 23.1. The molecule has 0 fully saturated rings. The highest BCUT2D eigenvalue weighted by Gasteiger charge is 2.22. The molecule has 0 aliphatic rings. The first-order valence-corrected chi connectivity index (χ1v) is 10.8. The zero-order valence-electron chi connectivity index (χ0n) is 18.1. The van der Waals surface area contributed by atoms with Crippen molar-refractivity contribution in [3.63, 3.8) is 0 Å². The maximum Gasteiger partial charge on any atom is 0.227 e. The maximum absolute atomic E-state index is 12.9. The minimum absolute atomic E-state index is 0.0829. The molecular formula is C22H38N4O. The van der Waals surface area contributed by atoms with E-state index in [4.69, 9.17) is 0 Å². The molecule has 2 aromatic rings. The van der Waals surface area contributed by atoms with Crippen molar-refractivity contribution in [2.75, 3.05) is 5.32 Å². The lowest BCUT2D eigenvalue weighted by molar-refractivity contribution is -0.120. The maximum atomic E-state index is 12.9. The fourth-order valence-corrected chi connectivity index (χ4v) is 3.60. The number of nitrogens with zero attached hydrogens (tertiary/aromatic N) is 2. The summed E-state index contributed by atoms with van der Waals surface area (Å²) in [7, 11) is 0. The van der Waals surface area contributed by atoms with Gasteiger partial charge in [-0.05, 0) is 37.2 Å². The van der Waals surface area contributed by atoms with Gasteiger partial charge < -0.3 is 5.32 Å². The minimum atomic E-state index is 0.0829. The molecule has 27 heavy (non-hydrogen) atoms. The summed E-state index contributed by atoms with van der Waals surface area (Å²) in [6.07, 6.45) is 10.8. The summed E-state index contributed by atoms with van der Waals surface area (Å²) in [6.45, 7) is 12.7. The Kier molecular flexibility index (Phi) is 10.7. The molecule has 152 valence electrons. The number of unbranched alkanes of at least 4 members (excludes halogenated alkanes) is 1. The van der Waals surface area contributed by atoms with Crippen molar-refractivity contribution in [2.24, 2.45) is 5.92 Å². The summed E-state index contributed by atoms with van der Waals surface area (Å²) in [5.41, 5.74) is 2.81. The molecule has 0 radical (unpaired) electrons. The number of nitrogens with one attached hydrogen (secondary N) is 2. The molecule has 2 heterocycles. The third-order valence-electron chi connectivity index (χ3n) is 5.09. The van der Waals surface area contributed by atoms with E-state index in [1.165, 1.54) is 5.56 Å². The van der Waals surface area contributed by atoms with Crippen molar-refractivity contribution in [2.45, 2.75) is 92.4 Å².